The molecule has 0 bridgehead atoms. The molecule has 98 valence electrons. The molecular weight excluding hydrogens is 238 g/mol. The summed E-state index contributed by atoms with van der Waals surface area (Å²) in [6.45, 7) is 4.45. The number of rotatable bonds is 3. The van der Waals surface area contributed by atoms with Crippen molar-refractivity contribution in [2.45, 2.75) is 26.4 Å². The largest absolute Gasteiger partial charge is 0.364 e. The summed E-state index contributed by atoms with van der Waals surface area (Å²) < 4.78 is 0. The zero-order valence-electron chi connectivity index (χ0n) is 11.0. The maximum atomic E-state index is 4.52. The van der Waals surface area contributed by atoms with Gasteiger partial charge in [-0.1, -0.05) is 6.07 Å². The number of anilines is 1. The highest BCUT2D eigenvalue weighted by Crippen LogP contribution is 2.20. The van der Waals surface area contributed by atoms with Gasteiger partial charge in [-0.15, -0.1) is 0 Å². The van der Waals surface area contributed by atoms with Crippen LogP contribution in [-0.2, 0) is 19.5 Å². The highest BCUT2D eigenvalue weighted by Gasteiger charge is 2.16. The van der Waals surface area contributed by atoms with Crippen LogP contribution in [0.1, 0.15) is 22.8 Å². The molecule has 1 aliphatic heterocycles. The Morgan fingerprint density at radius 3 is 3.11 bits per heavy atom. The lowest BCUT2D eigenvalue weighted by Gasteiger charge is -2.20. The fourth-order valence-corrected chi connectivity index (χ4v) is 2.29. The summed E-state index contributed by atoms with van der Waals surface area (Å²) in [6, 6.07) is 5.92. The van der Waals surface area contributed by atoms with Crippen LogP contribution in [0.15, 0.2) is 24.4 Å². The normalized spacial score (nSPS) is 13.9. The summed E-state index contributed by atoms with van der Waals surface area (Å²) in [6.07, 6.45) is 2.77. The monoisotopic (exact) mass is 255 g/mol. The molecular formula is C14H17N5. The maximum Gasteiger partial charge on any atom is 0.134 e. The molecule has 0 amide bonds. The van der Waals surface area contributed by atoms with E-state index in [-0.39, 0.29) is 0 Å². The van der Waals surface area contributed by atoms with Crippen molar-refractivity contribution in [1.82, 2.24) is 20.3 Å². The first-order chi connectivity index (χ1) is 9.33. The van der Waals surface area contributed by atoms with Gasteiger partial charge in [-0.05, 0) is 19.1 Å². The molecule has 0 saturated carbocycles. The van der Waals surface area contributed by atoms with E-state index in [1.54, 1.807) is 6.20 Å². The smallest absolute Gasteiger partial charge is 0.134 e. The Morgan fingerprint density at radius 2 is 2.26 bits per heavy atom. The molecule has 0 unspecified atom stereocenters. The Labute approximate surface area is 112 Å². The number of nitrogens with one attached hydrogen (secondary N) is 2. The molecule has 19 heavy (non-hydrogen) atoms. The van der Waals surface area contributed by atoms with E-state index in [4.69, 9.17) is 0 Å². The summed E-state index contributed by atoms with van der Waals surface area (Å²) in [4.78, 5) is 13.3. The summed E-state index contributed by atoms with van der Waals surface area (Å²) in [5, 5.41) is 6.74. The van der Waals surface area contributed by atoms with Gasteiger partial charge in [0.05, 0.1) is 17.9 Å². The first-order valence-electron chi connectivity index (χ1n) is 6.54. The lowest BCUT2D eigenvalue weighted by atomic mass is 10.1. The summed E-state index contributed by atoms with van der Waals surface area (Å²) >= 11 is 0. The van der Waals surface area contributed by atoms with Crippen LogP contribution < -0.4 is 10.6 Å². The number of hydrogen-bond donors (Lipinski definition) is 2. The topological polar surface area (TPSA) is 62.7 Å². The maximum absolute atomic E-state index is 4.52. The van der Waals surface area contributed by atoms with E-state index >= 15 is 0 Å². The lowest BCUT2D eigenvalue weighted by Crippen LogP contribution is -2.26. The summed E-state index contributed by atoms with van der Waals surface area (Å²) in [5.41, 5.74) is 3.36. The molecule has 0 aliphatic carbocycles. The molecule has 1 aliphatic rings. The van der Waals surface area contributed by atoms with Crippen molar-refractivity contribution in [2.24, 2.45) is 0 Å². The second kappa shape index (κ2) is 5.32. The average molecular weight is 255 g/mol. The van der Waals surface area contributed by atoms with Crippen molar-refractivity contribution < 1.29 is 0 Å². The average Bonchev–Trinajstić information content (AvgIpc) is 2.45. The molecule has 2 N–H and O–H groups in total. The molecule has 0 saturated heterocycles. The van der Waals surface area contributed by atoms with Crippen molar-refractivity contribution >= 4 is 5.82 Å². The molecule has 3 heterocycles. The lowest BCUT2D eigenvalue weighted by molar-refractivity contribution is 0.624. The highest BCUT2D eigenvalue weighted by molar-refractivity contribution is 5.47. The number of aryl methyl sites for hydroxylation is 1. The first-order valence-corrected chi connectivity index (χ1v) is 6.54. The van der Waals surface area contributed by atoms with E-state index in [2.05, 4.69) is 25.6 Å². The second-order valence-corrected chi connectivity index (χ2v) is 4.65. The highest BCUT2D eigenvalue weighted by atomic mass is 15.1. The molecule has 5 heteroatoms. The number of nitrogens with zero attached hydrogens (tertiary/aromatic N) is 3. The van der Waals surface area contributed by atoms with E-state index in [0.717, 1.165) is 42.5 Å². The van der Waals surface area contributed by atoms with E-state index in [9.17, 15) is 0 Å². The van der Waals surface area contributed by atoms with Gasteiger partial charge < -0.3 is 10.6 Å². The van der Waals surface area contributed by atoms with Gasteiger partial charge in [-0.25, -0.2) is 9.97 Å². The van der Waals surface area contributed by atoms with Crippen LogP contribution in [0.25, 0.3) is 0 Å². The van der Waals surface area contributed by atoms with Crippen LogP contribution in [0.4, 0.5) is 5.82 Å². The third-order valence-electron chi connectivity index (χ3n) is 3.21. The predicted octanol–water partition coefficient (Wildman–Crippen LogP) is 1.44. The van der Waals surface area contributed by atoms with Gasteiger partial charge in [-0.3, -0.25) is 4.98 Å². The zero-order valence-corrected chi connectivity index (χ0v) is 11.0. The second-order valence-electron chi connectivity index (χ2n) is 4.65. The van der Waals surface area contributed by atoms with Gasteiger partial charge >= 0.3 is 0 Å². The Kier molecular flexibility index (Phi) is 3.37. The molecule has 0 fully saturated rings. The van der Waals surface area contributed by atoms with Gasteiger partial charge in [-0.2, -0.15) is 0 Å². The fourth-order valence-electron chi connectivity index (χ4n) is 2.29. The minimum Gasteiger partial charge on any atom is -0.364 e. The summed E-state index contributed by atoms with van der Waals surface area (Å²) in [7, 11) is 0. The van der Waals surface area contributed by atoms with Gasteiger partial charge in [0.15, 0.2) is 0 Å². The first kappa shape index (κ1) is 12.0. The van der Waals surface area contributed by atoms with Crippen molar-refractivity contribution in [1.29, 1.82) is 0 Å². The molecule has 0 radical (unpaired) electrons. The van der Waals surface area contributed by atoms with Crippen LogP contribution in [0.5, 0.6) is 0 Å². The Bertz CT molecular complexity index is 568. The number of fused-ring (bicyclic) bond motifs is 1. The zero-order chi connectivity index (χ0) is 13.1. The van der Waals surface area contributed by atoms with Gasteiger partial charge in [0, 0.05) is 31.3 Å². The third-order valence-corrected chi connectivity index (χ3v) is 3.21. The minimum atomic E-state index is 0.684. The standard InChI is InChI=1S/C14H17N5/c1-10-18-13-5-7-15-9-12(13)14(19-10)17-8-11-4-2-3-6-16-11/h2-4,6,15H,5,7-9H2,1H3,(H,17,18,19). The quantitative estimate of drug-likeness (QED) is 0.869. The Balaban J connectivity index is 1.82. The molecule has 2 aromatic rings. The van der Waals surface area contributed by atoms with Crippen LogP contribution in [-0.4, -0.2) is 21.5 Å². The van der Waals surface area contributed by atoms with Crippen LogP contribution in [0.2, 0.25) is 0 Å². The van der Waals surface area contributed by atoms with E-state index in [1.165, 1.54) is 5.56 Å². The molecule has 0 aromatic carbocycles. The SMILES string of the molecule is Cc1nc2c(c(NCc3ccccn3)n1)CNCC2. The van der Waals surface area contributed by atoms with E-state index in [1.807, 2.05) is 25.1 Å². The van der Waals surface area contributed by atoms with Crippen molar-refractivity contribution in [3.8, 4) is 0 Å². The summed E-state index contributed by atoms with van der Waals surface area (Å²) in [5.74, 6) is 1.75. The number of hydrogen-bond acceptors (Lipinski definition) is 5. The predicted molar refractivity (Wildman–Crippen MR) is 73.7 cm³/mol. The Hall–Kier alpha value is -2.01. The number of pyridine rings is 1. The van der Waals surface area contributed by atoms with Crippen LogP contribution in [0.3, 0.4) is 0 Å². The minimum absolute atomic E-state index is 0.684. The Morgan fingerprint density at radius 1 is 1.32 bits per heavy atom. The van der Waals surface area contributed by atoms with Gasteiger partial charge in [0.2, 0.25) is 0 Å². The third kappa shape index (κ3) is 2.71. The molecule has 3 rings (SSSR count). The molecule has 0 spiro atoms. The van der Waals surface area contributed by atoms with Crippen molar-refractivity contribution in [2.75, 3.05) is 11.9 Å². The molecule has 5 nitrogen and oxygen atoms in total. The van der Waals surface area contributed by atoms with Gasteiger partial charge in [0.1, 0.15) is 11.6 Å². The van der Waals surface area contributed by atoms with Crippen LogP contribution in [0, 0.1) is 6.92 Å². The molecule has 0 atom stereocenters. The number of aromatic nitrogens is 3. The molecule has 2 aromatic heterocycles. The van der Waals surface area contributed by atoms with Crippen LogP contribution >= 0.6 is 0 Å². The van der Waals surface area contributed by atoms with E-state index in [0.29, 0.717) is 6.54 Å². The fraction of sp³-hybridized carbons (Fsp3) is 0.357. The van der Waals surface area contributed by atoms with Crippen molar-refractivity contribution in [3.05, 3.63) is 47.2 Å². The van der Waals surface area contributed by atoms with E-state index < -0.39 is 0 Å². The van der Waals surface area contributed by atoms with Gasteiger partial charge in [0.25, 0.3) is 0 Å². The van der Waals surface area contributed by atoms with Crippen molar-refractivity contribution in [3.63, 3.8) is 0 Å².